The van der Waals surface area contributed by atoms with E-state index in [1.807, 2.05) is 0 Å². The third-order valence-electron chi connectivity index (χ3n) is 4.13. The molecule has 1 aliphatic rings. The van der Waals surface area contributed by atoms with Gasteiger partial charge in [0, 0.05) is 12.0 Å². The number of fused-ring (bicyclic) bond motifs is 1. The first-order chi connectivity index (χ1) is 12.3. The fourth-order valence-electron chi connectivity index (χ4n) is 2.69. The van der Waals surface area contributed by atoms with Gasteiger partial charge in [0.05, 0.1) is 11.7 Å². The van der Waals surface area contributed by atoms with E-state index in [0.29, 0.717) is 30.3 Å². The van der Waals surface area contributed by atoms with Gasteiger partial charge in [-0.05, 0) is 36.2 Å². The number of halogens is 3. The minimum atomic E-state index is -4.43. The van der Waals surface area contributed by atoms with Gasteiger partial charge in [0.2, 0.25) is 0 Å². The van der Waals surface area contributed by atoms with Crippen molar-refractivity contribution in [2.45, 2.75) is 25.1 Å². The first kappa shape index (κ1) is 18.3. The van der Waals surface area contributed by atoms with Gasteiger partial charge in [-0.2, -0.15) is 13.2 Å². The molecule has 2 aromatic rings. The normalized spacial score (nSPS) is 14.8. The van der Waals surface area contributed by atoms with Crippen LogP contribution >= 0.6 is 0 Å². The van der Waals surface area contributed by atoms with E-state index >= 15 is 0 Å². The summed E-state index contributed by atoms with van der Waals surface area (Å²) in [5.74, 6) is 0.824. The second-order valence-corrected chi connectivity index (χ2v) is 5.96. The summed E-state index contributed by atoms with van der Waals surface area (Å²) in [6.45, 7) is 0.898. The molecule has 0 saturated carbocycles. The number of benzene rings is 2. The van der Waals surface area contributed by atoms with E-state index in [4.69, 9.17) is 9.47 Å². The fourth-order valence-corrected chi connectivity index (χ4v) is 2.69. The molecular formula is C19H17F3O4. The second-order valence-electron chi connectivity index (χ2n) is 5.96. The summed E-state index contributed by atoms with van der Waals surface area (Å²) in [4.78, 5) is 12.1. The number of hydrogen-bond acceptors (Lipinski definition) is 4. The minimum Gasteiger partial charge on any atom is -0.486 e. The molecule has 1 N–H and O–H groups in total. The van der Waals surface area contributed by atoms with E-state index in [2.05, 4.69) is 0 Å². The van der Waals surface area contributed by atoms with Crippen LogP contribution in [0.3, 0.4) is 0 Å². The molecule has 7 heteroatoms. The van der Waals surface area contributed by atoms with Crippen LogP contribution in [0.25, 0.3) is 0 Å². The number of Topliss-reactive ketones (excluding diaryl/α,β-unsaturated/α-hetero) is 1. The summed E-state index contributed by atoms with van der Waals surface area (Å²) in [6.07, 6.45) is -5.15. The van der Waals surface area contributed by atoms with Crippen molar-refractivity contribution in [3.63, 3.8) is 0 Å². The number of hydrogen-bond donors (Lipinski definition) is 1. The molecule has 26 heavy (non-hydrogen) atoms. The Morgan fingerprint density at radius 3 is 2.35 bits per heavy atom. The smallest absolute Gasteiger partial charge is 0.416 e. The quantitative estimate of drug-likeness (QED) is 0.807. The van der Waals surface area contributed by atoms with Gasteiger partial charge in [-0.25, -0.2) is 0 Å². The second kappa shape index (κ2) is 7.37. The van der Waals surface area contributed by atoms with E-state index in [0.717, 1.165) is 24.3 Å². The highest BCUT2D eigenvalue weighted by Crippen LogP contribution is 2.34. The van der Waals surface area contributed by atoms with Crippen molar-refractivity contribution in [1.82, 2.24) is 0 Å². The number of rotatable bonds is 5. The number of alkyl halides is 3. The molecule has 1 atom stereocenters. The van der Waals surface area contributed by atoms with Crippen LogP contribution in [0.15, 0.2) is 42.5 Å². The van der Waals surface area contributed by atoms with E-state index in [1.165, 1.54) is 0 Å². The topological polar surface area (TPSA) is 55.8 Å². The highest BCUT2D eigenvalue weighted by Gasteiger charge is 2.30. The van der Waals surface area contributed by atoms with E-state index in [1.54, 1.807) is 18.2 Å². The van der Waals surface area contributed by atoms with Gasteiger partial charge in [0.25, 0.3) is 0 Å². The largest absolute Gasteiger partial charge is 0.486 e. The summed E-state index contributed by atoms with van der Waals surface area (Å²) in [6, 6.07) is 9.13. The lowest BCUT2D eigenvalue weighted by Crippen LogP contribution is -2.15. The molecule has 1 heterocycles. The Kier molecular flexibility index (Phi) is 5.18. The molecule has 0 saturated heterocycles. The molecular weight excluding hydrogens is 349 g/mol. The molecule has 0 amide bonds. The standard InChI is InChI=1S/C19H17F3O4/c20-19(21,22)14-4-1-12(2-5-14)15(23)6-7-16(24)13-3-8-17-18(11-13)26-10-9-25-17/h1-5,8,11,16,24H,6-7,9-10H2. The summed E-state index contributed by atoms with van der Waals surface area (Å²) in [5.41, 5.74) is -0.0211. The van der Waals surface area contributed by atoms with Crippen LogP contribution in [0.5, 0.6) is 11.5 Å². The van der Waals surface area contributed by atoms with E-state index < -0.39 is 17.8 Å². The number of carbonyl (C=O) groups is 1. The third-order valence-corrected chi connectivity index (χ3v) is 4.13. The molecule has 0 fully saturated rings. The number of aliphatic hydroxyl groups is 1. The third kappa shape index (κ3) is 4.16. The zero-order valence-corrected chi connectivity index (χ0v) is 13.8. The summed E-state index contributed by atoms with van der Waals surface area (Å²) in [7, 11) is 0. The Morgan fingerprint density at radius 2 is 1.69 bits per heavy atom. The van der Waals surface area contributed by atoms with Gasteiger partial charge in [0.15, 0.2) is 17.3 Å². The van der Waals surface area contributed by atoms with Gasteiger partial charge < -0.3 is 14.6 Å². The molecule has 1 unspecified atom stereocenters. The average molecular weight is 366 g/mol. The maximum Gasteiger partial charge on any atom is 0.416 e. The Morgan fingerprint density at radius 1 is 1.04 bits per heavy atom. The fraction of sp³-hybridized carbons (Fsp3) is 0.316. The molecule has 0 bridgehead atoms. The van der Waals surface area contributed by atoms with Crippen LogP contribution in [0.2, 0.25) is 0 Å². The molecule has 0 radical (unpaired) electrons. The van der Waals surface area contributed by atoms with Crippen LogP contribution in [-0.2, 0) is 6.18 Å². The van der Waals surface area contributed by atoms with Crippen molar-refractivity contribution in [2.24, 2.45) is 0 Å². The molecule has 0 aliphatic carbocycles. The van der Waals surface area contributed by atoms with Crippen molar-refractivity contribution >= 4 is 5.78 Å². The lowest BCUT2D eigenvalue weighted by atomic mass is 9.99. The molecule has 0 spiro atoms. The summed E-state index contributed by atoms with van der Waals surface area (Å²) in [5, 5.41) is 10.3. The molecule has 1 aliphatic heterocycles. The molecule has 2 aromatic carbocycles. The zero-order chi connectivity index (χ0) is 18.7. The highest BCUT2D eigenvalue weighted by atomic mass is 19.4. The van der Waals surface area contributed by atoms with Crippen molar-refractivity contribution in [3.8, 4) is 11.5 Å². The van der Waals surface area contributed by atoms with Gasteiger partial charge in [-0.1, -0.05) is 18.2 Å². The molecule has 138 valence electrons. The molecule has 0 aromatic heterocycles. The van der Waals surface area contributed by atoms with Gasteiger partial charge in [-0.15, -0.1) is 0 Å². The predicted octanol–water partition coefficient (Wildman–Crippen LogP) is 4.17. The van der Waals surface area contributed by atoms with Crippen molar-refractivity contribution in [3.05, 3.63) is 59.2 Å². The number of ketones is 1. The zero-order valence-electron chi connectivity index (χ0n) is 13.8. The molecule has 3 rings (SSSR count). The van der Waals surface area contributed by atoms with Crippen molar-refractivity contribution in [1.29, 1.82) is 0 Å². The van der Waals surface area contributed by atoms with Crippen molar-refractivity contribution in [2.75, 3.05) is 13.2 Å². The highest BCUT2D eigenvalue weighted by molar-refractivity contribution is 5.96. The van der Waals surface area contributed by atoms with Crippen LogP contribution in [0.4, 0.5) is 13.2 Å². The van der Waals surface area contributed by atoms with Gasteiger partial charge >= 0.3 is 6.18 Å². The lowest BCUT2D eigenvalue weighted by Gasteiger charge is -2.20. The van der Waals surface area contributed by atoms with Crippen LogP contribution in [0, 0.1) is 0 Å². The summed E-state index contributed by atoms with van der Waals surface area (Å²) >= 11 is 0. The predicted molar refractivity (Wildman–Crippen MR) is 87.4 cm³/mol. The Balaban J connectivity index is 1.60. The van der Waals surface area contributed by atoms with Gasteiger partial charge in [-0.3, -0.25) is 4.79 Å². The first-order valence-electron chi connectivity index (χ1n) is 8.12. The maximum atomic E-state index is 12.5. The maximum absolute atomic E-state index is 12.5. The Hall–Kier alpha value is -2.54. The summed E-state index contributed by atoms with van der Waals surface area (Å²) < 4.78 is 48.5. The monoisotopic (exact) mass is 366 g/mol. The number of ether oxygens (including phenoxy) is 2. The SMILES string of the molecule is O=C(CCC(O)c1ccc2c(c1)OCCO2)c1ccc(C(F)(F)F)cc1. The molecule has 4 nitrogen and oxygen atoms in total. The van der Waals surface area contributed by atoms with Crippen LogP contribution < -0.4 is 9.47 Å². The number of aliphatic hydroxyl groups excluding tert-OH is 1. The Labute approximate surface area is 148 Å². The minimum absolute atomic E-state index is 0.0149. The van der Waals surface area contributed by atoms with Crippen molar-refractivity contribution < 1.29 is 32.5 Å². The van der Waals surface area contributed by atoms with Crippen LogP contribution in [0.1, 0.15) is 40.4 Å². The van der Waals surface area contributed by atoms with E-state index in [9.17, 15) is 23.1 Å². The van der Waals surface area contributed by atoms with Crippen LogP contribution in [-0.4, -0.2) is 24.1 Å². The van der Waals surface area contributed by atoms with E-state index in [-0.39, 0.29) is 24.2 Å². The first-order valence-corrected chi connectivity index (χ1v) is 8.12. The Bertz CT molecular complexity index is 784. The average Bonchev–Trinajstić information content (AvgIpc) is 2.64. The number of carbonyl (C=O) groups excluding carboxylic acids is 1. The lowest BCUT2D eigenvalue weighted by molar-refractivity contribution is -0.137. The van der Waals surface area contributed by atoms with Gasteiger partial charge in [0.1, 0.15) is 13.2 Å².